The third kappa shape index (κ3) is 11.0. The molecule has 1 atom stereocenters. The van der Waals surface area contributed by atoms with Crippen LogP contribution in [0.1, 0.15) is 52.4 Å². The minimum Gasteiger partial charge on any atom is -0.162 e. The Hall–Kier alpha value is 0.700. The zero-order valence-electron chi connectivity index (χ0n) is 10.5. The molecule has 0 nitrogen and oxygen atoms in total. The molecule has 15 heavy (non-hydrogen) atoms. The maximum absolute atomic E-state index is 3.96. The van der Waals surface area contributed by atoms with Gasteiger partial charge in [0.2, 0.25) is 0 Å². The standard InChI is InChI=1S/C13H27S2/c1-4-9-13(15-6-3)10-7-8-12-14-11-5-2/h13H,1,4-12H2,2-3H3. The summed E-state index contributed by atoms with van der Waals surface area (Å²) in [5, 5.41) is 0.878. The maximum atomic E-state index is 3.96. The first-order valence-electron chi connectivity index (χ1n) is 6.33. The van der Waals surface area contributed by atoms with E-state index < -0.39 is 0 Å². The van der Waals surface area contributed by atoms with Crippen molar-refractivity contribution in [2.45, 2.75) is 57.6 Å². The molecule has 0 bridgehead atoms. The Labute approximate surface area is 105 Å². The third-order valence-corrected chi connectivity index (χ3v) is 4.89. The van der Waals surface area contributed by atoms with Gasteiger partial charge in [-0.15, -0.1) is 0 Å². The average Bonchev–Trinajstić information content (AvgIpc) is 2.24. The predicted octanol–water partition coefficient (Wildman–Crippen LogP) is 5.04. The normalized spacial score (nSPS) is 13.0. The molecule has 91 valence electrons. The van der Waals surface area contributed by atoms with E-state index in [0.29, 0.717) is 0 Å². The van der Waals surface area contributed by atoms with Crippen LogP contribution >= 0.6 is 23.5 Å². The molecule has 0 heterocycles. The molecular formula is C13H27S2. The van der Waals surface area contributed by atoms with Crippen LogP contribution in [0.15, 0.2) is 0 Å². The lowest BCUT2D eigenvalue weighted by Crippen LogP contribution is -2.03. The minimum atomic E-state index is 0.878. The summed E-state index contributed by atoms with van der Waals surface area (Å²) >= 11 is 4.23. The summed E-state index contributed by atoms with van der Waals surface area (Å²) in [6.07, 6.45) is 7.95. The second kappa shape index (κ2) is 12.8. The summed E-state index contributed by atoms with van der Waals surface area (Å²) in [6.45, 7) is 8.48. The Morgan fingerprint density at radius 3 is 2.47 bits per heavy atom. The molecule has 0 N–H and O–H groups in total. The molecule has 1 radical (unpaired) electrons. The molecular weight excluding hydrogens is 220 g/mol. The zero-order chi connectivity index (χ0) is 11.4. The first-order chi connectivity index (χ1) is 7.35. The highest BCUT2D eigenvalue weighted by atomic mass is 32.2. The van der Waals surface area contributed by atoms with E-state index in [4.69, 9.17) is 0 Å². The maximum Gasteiger partial charge on any atom is 0.00469 e. The van der Waals surface area contributed by atoms with Crippen molar-refractivity contribution in [3.05, 3.63) is 6.92 Å². The summed E-state index contributed by atoms with van der Waals surface area (Å²) in [6, 6.07) is 0. The smallest absolute Gasteiger partial charge is 0.00469 e. The molecule has 0 rings (SSSR count). The predicted molar refractivity (Wildman–Crippen MR) is 78.0 cm³/mol. The Balaban J connectivity index is 3.28. The monoisotopic (exact) mass is 247 g/mol. The third-order valence-electron chi connectivity index (χ3n) is 2.34. The molecule has 0 saturated carbocycles. The van der Waals surface area contributed by atoms with Crippen LogP contribution in [0.2, 0.25) is 0 Å². The Kier molecular flexibility index (Phi) is 13.4. The van der Waals surface area contributed by atoms with E-state index in [9.17, 15) is 0 Å². The van der Waals surface area contributed by atoms with Gasteiger partial charge in [-0.05, 0) is 42.9 Å². The van der Waals surface area contributed by atoms with Gasteiger partial charge in [0.05, 0.1) is 0 Å². The first-order valence-corrected chi connectivity index (χ1v) is 8.54. The van der Waals surface area contributed by atoms with Crippen molar-refractivity contribution in [3.8, 4) is 0 Å². The Morgan fingerprint density at radius 1 is 1.07 bits per heavy atom. The molecule has 0 saturated heterocycles. The highest BCUT2D eigenvalue weighted by molar-refractivity contribution is 7.99. The van der Waals surface area contributed by atoms with Crippen LogP contribution in [-0.2, 0) is 0 Å². The molecule has 0 aromatic heterocycles. The van der Waals surface area contributed by atoms with Crippen LogP contribution in [0.3, 0.4) is 0 Å². The molecule has 1 unspecified atom stereocenters. The molecule has 0 aliphatic rings. The van der Waals surface area contributed by atoms with Crippen molar-refractivity contribution in [1.29, 1.82) is 0 Å². The van der Waals surface area contributed by atoms with Crippen molar-refractivity contribution in [1.82, 2.24) is 0 Å². The second-order valence-corrected chi connectivity index (χ2v) is 6.63. The fourth-order valence-corrected chi connectivity index (χ4v) is 3.64. The summed E-state index contributed by atoms with van der Waals surface area (Å²) in [4.78, 5) is 0. The Morgan fingerprint density at radius 2 is 1.87 bits per heavy atom. The molecule has 0 aromatic carbocycles. The van der Waals surface area contributed by atoms with Crippen LogP contribution < -0.4 is 0 Å². The van der Waals surface area contributed by atoms with E-state index in [1.54, 1.807) is 0 Å². The Bertz CT molecular complexity index is 109. The van der Waals surface area contributed by atoms with Crippen LogP contribution in [0.5, 0.6) is 0 Å². The fraction of sp³-hybridized carbons (Fsp3) is 0.923. The number of hydrogen-bond donors (Lipinski definition) is 0. The van der Waals surface area contributed by atoms with Gasteiger partial charge in [-0.3, -0.25) is 0 Å². The van der Waals surface area contributed by atoms with Crippen LogP contribution in [0, 0.1) is 6.92 Å². The first kappa shape index (κ1) is 15.7. The average molecular weight is 247 g/mol. The molecule has 0 spiro atoms. The minimum absolute atomic E-state index is 0.878. The van der Waals surface area contributed by atoms with Gasteiger partial charge >= 0.3 is 0 Å². The summed E-state index contributed by atoms with van der Waals surface area (Å²) in [7, 11) is 0. The van der Waals surface area contributed by atoms with Crippen molar-refractivity contribution in [3.63, 3.8) is 0 Å². The van der Waals surface area contributed by atoms with Gasteiger partial charge in [-0.25, -0.2) is 0 Å². The molecule has 0 fully saturated rings. The lowest BCUT2D eigenvalue weighted by Gasteiger charge is -2.14. The van der Waals surface area contributed by atoms with Gasteiger partial charge in [0.1, 0.15) is 0 Å². The van der Waals surface area contributed by atoms with Gasteiger partial charge < -0.3 is 0 Å². The van der Waals surface area contributed by atoms with Gasteiger partial charge in [0, 0.05) is 5.25 Å². The van der Waals surface area contributed by atoms with Crippen molar-refractivity contribution in [2.24, 2.45) is 0 Å². The fourth-order valence-electron chi connectivity index (χ4n) is 1.60. The quantitative estimate of drug-likeness (QED) is 0.469. The van der Waals surface area contributed by atoms with Gasteiger partial charge in [-0.1, -0.05) is 33.6 Å². The highest BCUT2D eigenvalue weighted by Crippen LogP contribution is 2.22. The topological polar surface area (TPSA) is 0 Å². The van der Waals surface area contributed by atoms with E-state index in [2.05, 4.69) is 44.3 Å². The lowest BCUT2D eigenvalue weighted by molar-refractivity contribution is 0.654. The summed E-state index contributed by atoms with van der Waals surface area (Å²) in [5.41, 5.74) is 0. The van der Waals surface area contributed by atoms with E-state index >= 15 is 0 Å². The van der Waals surface area contributed by atoms with Gasteiger partial charge in [-0.2, -0.15) is 23.5 Å². The van der Waals surface area contributed by atoms with E-state index in [0.717, 1.165) is 11.7 Å². The summed E-state index contributed by atoms with van der Waals surface area (Å²) < 4.78 is 0. The van der Waals surface area contributed by atoms with E-state index in [-0.39, 0.29) is 0 Å². The molecule has 0 aliphatic heterocycles. The zero-order valence-corrected chi connectivity index (χ0v) is 12.1. The number of hydrogen-bond acceptors (Lipinski definition) is 2. The molecule has 0 aliphatic carbocycles. The lowest BCUT2D eigenvalue weighted by atomic mass is 10.1. The van der Waals surface area contributed by atoms with E-state index in [1.165, 1.54) is 49.4 Å². The molecule has 0 aromatic rings. The van der Waals surface area contributed by atoms with Crippen molar-refractivity contribution >= 4 is 23.5 Å². The van der Waals surface area contributed by atoms with Crippen LogP contribution in [0.25, 0.3) is 0 Å². The van der Waals surface area contributed by atoms with Crippen molar-refractivity contribution < 1.29 is 0 Å². The molecule has 0 amide bonds. The van der Waals surface area contributed by atoms with E-state index in [1.807, 2.05) is 0 Å². The summed E-state index contributed by atoms with van der Waals surface area (Å²) in [5.74, 6) is 3.96. The SMILES string of the molecule is [CH2]CCC(CCCCSCCC)SCC. The van der Waals surface area contributed by atoms with Crippen molar-refractivity contribution in [2.75, 3.05) is 17.3 Å². The highest BCUT2D eigenvalue weighted by Gasteiger charge is 2.06. The van der Waals surface area contributed by atoms with Crippen LogP contribution in [0.4, 0.5) is 0 Å². The number of rotatable bonds is 11. The number of unbranched alkanes of at least 4 members (excludes halogenated alkanes) is 1. The van der Waals surface area contributed by atoms with Gasteiger partial charge in [0.15, 0.2) is 0 Å². The number of thioether (sulfide) groups is 2. The largest absolute Gasteiger partial charge is 0.162 e. The van der Waals surface area contributed by atoms with Gasteiger partial charge in [0.25, 0.3) is 0 Å². The molecule has 2 heteroatoms. The van der Waals surface area contributed by atoms with Crippen LogP contribution in [-0.4, -0.2) is 22.5 Å². The second-order valence-electron chi connectivity index (χ2n) is 3.83.